The molecule has 0 saturated heterocycles. The number of methoxy groups -OCH3 is 2. The number of halogens is 1. The van der Waals surface area contributed by atoms with Crippen LogP contribution in [0.3, 0.4) is 0 Å². The van der Waals surface area contributed by atoms with Gasteiger partial charge in [-0.1, -0.05) is 6.07 Å². The molecule has 0 amide bonds. The summed E-state index contributed by atoms with van der Waals surface area (Å²) in [5, 5.41) is 10.5. The average Bonchev–Trinajstić information content (AvgIpc) is 3.10. The van der Waals surface area contributed by atoms with Gasteiger partial charge in [0, 0.05) is 24.2 Å². The van der Waals surface area contributed by atoms with Crippen molar-refractivity contribution in [2.45, 2.75) is 13.1 Å². The van der Waals surface area contributed by atoms with E-state index >= 15 is 0 Å². The molecular formula is C19H20FN3O2. The van der Waals surface area contributed by atoms with Crippen molar-refractivity contribution in [2.24, 2.45) is 0 Å². The maximum absolute atomic E-state index is 13.1. The van der Waals surface area contributed by atoms with Gasteiger partial charge in [0.15, 0.2) is 11.5 Å². The van der Waals surface area contributed by atoms with E-state index in [-0.39, 0.29) is 5.82 Å². The first-order valence-corrected chi connectivity index (χ1v) is 7.91. The van der Waals surface area contributed by atoms with Crippen molar-refractivity contribution in [2.75, 3.05) is 14.2 Å². The van der Waals surface area contributed by atoms with Crippen LogP contribution >= 0.6 is 0 Å². The number of aromatic nitrogens is 2. The van der Waals surface area contributed by atoms with E-state index < -0.39 is 0 Å². The second-order valence-electron chi connectivity index (χ2n) is 5.57. The third-order valence-corrected chi connectivity index (χ3v) is 3.94. The van der Waals surface area contributed by atoms with Crippen molar-refractivity contribution in [3.63, 3.8) is 0 Å². The van der Waals surface area contributed by atoms with Crippen molar-refractivity contribution >= 4 is 0 Å². The summed E-state index contributed by atoms with van der Waals surface area (Å²) in [6.45, 7) is 1.31. The van der Waals surface area contributed by atoms with Crippen LogP contribution in [-0.2, 0) is 13.1 Å². The van der Waals surface area contributed by atoms with Gasteiger partial charge in [0.2, 0.25) is 0 Å². The first-order chi connectivity index (χ1) is 12.2. The van der Waals surface area contributed by atoms with E-state index in [0.717, 1.165) is 22.4 Å². The van der Waals surface area contributed by atoms with E-state index in [4.69, 9.17) is 9.47 Å². The van der Waals surface area contributed by atoms with Crippen molar-refractivity contribution in [1.82, 2.24) is 15.5 Å². The summed E-state index contributed by atoms with van der Waals surface area (Å²) in [7, 11) is 3.24. The van der Waals surface area contributed by atoms with Crippen LogP contribution in [-0.4, -0.2) is 24.4 Å². The molecule has 130 valence electrons. The number of rotatable bonds is 7. The Morgan fingerprint density at radius 2 is 1.76 bits per heavy atom. The molecule has 3 rings (SSSR count). The number of nitrogens with zero attached hydrogens (tertiary/aromatic N) is 1. The van der Waals surface area contributed by atoms with Crippen LogP contribution < -0.4 is 14.8 Å². The van der Waals surface area contributed by atoms with Gasteiger partial charge in [-0.05, 0) is 42.0 Å². The fourth-order valence-electron chi connectivity index (χ4n) is 2.64. The molecule has 1 aromatic heterocycles. The highest BCUT2D eigenvalue weighted by Crippen LogP contribution is 2.27. The minimum absolute atomic E-state index is 0.253. The lowest BCUT2D eigenvalue weighted by Gasteiger charge is -2.10. The minimum atomic E-state index is -0.253. The van der Waals surface area contributed by atoms with Crippen molar-refractivity contribution in [1.29, 1.82) is 0 Å². The topological polar surface area (TPSA) is 59.2 Å². The predicted molar refractivity (Wildman–Crippen MR) is 94.1 cm³/mol. The minimum Gasteiger partial charge on any atom is -0.493 e. The maximum atomic E-state index is 13.1. The Balaban J connectivity index is 1.65. The molecule has 0 bridgehead atoms. The molecule has 25 heavy (non-hydrogen) atoms. The number of hydrogen-bond acceptors (Lipinski definition) is 4. The van der Waals surface area contributed by atoms with Crippen LogP contribution in [0.15, 0.2) is 48.7 Å². The second kappa shape index (κ2) is 7.81. The number of ether oxygens (including phenoxy) is 2. The fourth-order valence-corrected chi connectivity index (χ4v) is 2.64. The van der Waals surface area contributed by atoms with Gasteiger partial charge in [-0.2, -0.15) is 5.10 Å². The Hall–Kier alpha value is -2.86. The molecule has 0 unspecified atom stereocenters. The molecule has 0 saturated carbocycles. The van der Waals surface area contributed by atoms with Crippen LogP contribution in [0.2, 0.25) is 0 Å². The predicted octanol–water partition coefficient (Wildman–Crippen LogP) is 3.52. The molecule has 5 nitrogen and oxygen atoms in total. The zero-order valence-electron chi connectivity index (χ0n) is 14.2. The fraction of sp³-hybridized carbons (Fsp3) is 0.211. The van der Waals surface area contributed by atoms with E-state index in [2.05, 4.69) is 15.5 Å². The van der Waals surface area contributed by atoms with E-state index in [0.29, 0.717) is 24.6 Å². The van der Waals surface area contributed by atoms with E-state index in [1.165, 1.54) is 12.1 Å². The van der Waals surface area contributed by atoms with Crippen LogP contribution in [0.25, 0.3) is 11.3 Å². The molecule has 0 spiro atoms. The summed E-state index contributed by atoms with van der Waals surface area (Å²) in [5.74, 6) is 1.16. The number of H-pyrrole nitrogens is 1. The van der Waals surface area contributed by atoms with Gasteiger partial charge in [0.1, 0.15) is 5.82 Å². The molecule has 6 heteroatoms. The molecule has 0 aliphatic carbocycles. The molecule has 3 aromatic rings. The summed E-state index contributed by atoms with van der Waals surface area (Å²) in [6, 6.07) is 12.2. The van der Waals surface area contributed by atoms with Gasteiger partial charge in [0.25, 0.3) is 0 Å². The van der Waals surface area contributed by atoms with E-state index in [9.17, 15) is 4.39 Å². The van der Waals surface area contributed by atoms with Crippen molar-refractivity contribution in [3.8, 4) is 22.8 Å². The van der Waals surface area contributed by atoms with Crippen LogP contribution in [0.1, 0.15) is 11.1 Å². The van der Waals surface area contributed by atoms with Gasteiger partial charge in [-0.25, -0.2) is 4.39 Å². The van der Waals surface area contributed by atoms with Gasteiger partial charge in [-0.3, -0.25) is 5.10 Å². The van der Waals surface area contributed by atoms with Gasteiger partial charge >= 0.3 is 0 Å². The van der Waals surface area contributed by atoms with Crippen LogP contribution in [0, 0.1) is 5.82 Å². The van der Waals surface area contributed by atoms with Crippen molar-refractivity contribution < 1.29 is 13.9 Å². The molecular weight excluding hydrogens is 321 g/mol. The highest BCUT2D eigenvalue weighted by molar-refractivity contribution is 5.62. The van der Waals surface area contributed by atoms with Gasteiger partial charge in [-0.15, -0.1) is 0 Å². The number of hydrogen-bond donors (Lipinski definition) is 2. The first kappa shape index (κ1) is 17.0. The standard InChI is InChI=1S/C19H20FN3O2/c1-24-17-8-3-13(9-18(17)25-2)10-21-11-15-12-22-23-19(15)14-4-6-16(20)7-5-14/h3-9,12,21H,10-11H2,1-2H3,(H,22,23). The zero-order chi connectivity index (χ0) is 17.6. The Morgan fingerprint density at radius 1 is 1.00 bits per heavy atom. The Kier molecular flexibility index (Phi) is 5.30. The summed E-state index contributed by atoms with van der Waals surface area (Å²) < 4.78 is 23.6. The Labute approximate surface area is 145 Å². The quantitative estimate of drug-likeness (QED) is 0.690. The monoisotopic (exact) mass is 341 g/mol. The summed E-state index contributed by atoms with van der Waals surface area (Å²) in [4.78, 5) is 0. The lowest BCUT2D eigenvalue weighted by Crippen LogP contribution is -2.13. The van der Waals surface area contributed by atoms with E-state index in [1.54, 1.807) is 32.5 Å². The molecule has 0 radical (unpaired) electrons. The summed E-state index contributed by atoms with van der Waals surface area (Å²) in [6.07, 6.45) is 1.78. The average molecular weight is 341 g/mol. The van der Waals surface area contributed by atoms with Crippen LogP contribution in [0.5, 0.6) is 11.5 Å². The van der Waals surface area contributed by atoms with E-state index in [1.807, 2.05) is 18.2 Å². The maximum Gasteiger partial charge on any atom is 0.161 e. The largest absolute Gasteiger partial charge is 0.493 e. The number of benzene rings is 2. The molecule has 2 N–H and O–H groups in total. The number of aromatic amines is 1. The number of nitrogens with one attached hydrogen (secondary N) is 2. The lowest BCUT2D eigenvalue weighted by atomic mass is 10.1. The third-order valence-electron chi connectivity index (χ3n) is 3.94. The molecule has 2 aromatic carbocycles. The first-order valence-electron chi connectivity index (χ1n) is 7.91. The van der Waals surface area contributed by atoms with Gasteiger partial charge < -0.3 is 14.8 Å². The molecule has 0 atom stereocenters. The SMILES string of the molecule is COc1ccc(CNCc2cn[nH]c2-c2ccc(F)cc2)cc1OC. The lowest BCUT2D eigenvalue weighted by molar-refractivity contribution is 0.354. The Morgan fingerprint density at radius 3 is 2.48 bits per heavy atom. The molecule has 0 fully saturated rings. The third kappa shape index (κ3) is 3.97. The highest BCUT2D eigenvalue weighted by atomic mass is 19.1. The molecule has 1 heterocycles. The normalized spacial score (nSPS) is 10.7. The van der Waals surface area contributed by atoms with Crippen LogP contribution in [0.4, 0.5) is 4.39 Å². The second-order valence-corrected chi connectivity index (χ2v) is 5.57. The summed E-state index contributed by atoms with van der Waals surface area (Å²) in [5.41, 5.74) is 3.90. The zero-order valence-corrected chi connectivity index (χ0v) is 14.2. The van der Waals surface area contributed by atoms with Crippen molar-refractivity contribution in [3.05, 3.63) is 65.6 Å². The van der Waals surface area contributed by atoms with Gasteiger partial charge in [0.05, 0.1) is 26.1 Å². The molecule has 0 aliphatic rings. The Bertz CT molecular complexity index is 831. The summed E-state index contributed by atoms with van der Waals surface area (Å²) >= 11 is 0. The smallest absolute Gasteiger partial charge is 0.161 e. The highest BCUT2D eigenvalue weighted by Gasteiger charge is 2.08. The molecule has 0 aliphatic heterocycles.